The minimum atomic E-state index is -1.01. The minimum absolute atomic E-state index is 0.0195. The van der Waals surface area contributed by atoms with Crippen LogP contribution in [-0.2, 0) is 23.7 Å². The Labute approximate surface area is 308 Å². The SMILES string of the molecule is CCO[C@@H]([C@H]1C[C@@H](C)[C@H]2[C@H](O1)[C@H](O)[C@@]1(C)[C@@H]3CC[C@H]4C(C)(C)[C@@H](O[C@H]5CN(CCN6CCOCC6)CCO5)CCC45CC35CC[C@]21C)C(C)(C)O. The van der Waals surface area contributed by atoms with E-state index in [2.05, 4.69) is 44.4 Å². The smallest absolute Gasteiger partial charge is 0.170 e. The Morgan fingerprint density at radius 3 is 2.31 bits per heavy atom. The fraction of sp³-hybridized carbons (Fsp3) is 1.00. The van der Waals surface area contributed by atoms with E-state index in [0.29, 0.717) is 41.1 Å². The predicted molar refractivity (Wildman–Crippen MR) is 196 cm³/mol. The van der Waals surface area contributed by atoms with E-state index in [-0.39, 0.29) is 40.8 Å². The first-order chi connectivity index (χ1) is 24.1. The van der Waals surface area contributed by atoms with Gasteiger partial charge >= 0.3 is 0 Å². The standard InChI is InChI=1S/C42H72N2O7/c1-9-48-36(38(5,6)46)28-24-27(2)33-34(50-28)35(45)40(8)30-11-10-29-37(3,4)31(12-13-41(29)26-42(30,41)15-14-39(33,40)7)51-32-25-44(20-23-49-32)17-16-43-18-21-47-22-19-43/h27-36,45-46H,9-26H2,1-8H3/t27-,28-,29+,30+,31+,32+,33+,34+,35+,36+,39-,40-,41?,42?/m1/s1. The molecule has 5 saturated carbocycles. The summed E-state index contributed by atoms with van der Waals surface area (Å²) < 4.78 is 32.0. The summed E-state index contributed by atoms with van der Waals surface area (Å²) in [6.07, 6.45) is 8.06. The Balaban J connectivity index is 0.970. The molecule has 8 aliphatic rings. The van der Waals surface area contributed by atoms with Crippen LogP contribution in [0.3, 0.4) is 0 Å². The zero-order valence-electron chi connectivity index (χ0n) is 33.3. The van der Waals surface area contributed by atoms with Crippen LogP contribution < -0.4 is 0 Å². The van der Waals surface area contributed by atoms with Crippen LogP contribution in [0.25, 0.3) is 0 Å². The van der Waals surface area contributed by atoms with Crippen molar-refractivity contribution in [2.45, 2.75) is 149 Å². The third-order valence-corrected chi connectivity index (χ3v) is 17.4. The van der Waals surface area contributed by atoms with Crippen LogP contribution in [0.1, 0.15) is 107 Å². The summed E-state index contributed by atoms with van der Waals surface area (Å²) in [5.41, 5.74) is -0.460. The molecular formula is C42H72N2O7. The van der Waals surface area contributed by atoms with Gasteiger partial charge in [0.2, 0.25) is 0 Å². The number of fused-ring (bicyclic) bond motifs is 4. The second-order valence-corrected chi connectivity index (χ2v) is 20.3. The molecule has 5 aliphatic carbocycles. The maximum absolute atomic E-state index is 12.6. The minimum Gasteiger partial charge on any atom is -0.390 e. The Morgan fingerprint density at radius 2 is 1.59 bits per heavy atom. The van der Waals surface area contributed by atoms with E-state index in [1.807, 2.05) is 20.8 Å². The van der Waals surface area contributed by atoms with Crippen LogP contribution in [0.2, 0.25) is 0 Å². The van der Waals surface area contributed by atoms with Crippen molar-refractivity contribution in [2.75, 3.05) is 65.7 Å². The molecule has 3 saturated heterocycles. The molecule has 9 nitrogen and oxygen atoms in total. The van der Waals surface area contributed by atoms with Crippen molar-refractivity contribution in [2.24, 2.45) is 50.7 Å². The summed E-state index contributed by atoms with van der Waals surface area (Å²) in [7, 11) is 0. The predicted octanol–water partition coefficient (Wildman–Crippen LogP) is 5.35. The molecule has 0 radical (unpaired) electrons. The molecule has 8 fully saturated rings. The average molecular weight is 717 g/mol. The van der Waals surface area contributed by atoms with Crippen molar-refractivity contribution in [3.8, 4) is 0 Å². The third-order valence-electron chi connectivity index (χ3n) is 17.4. The summed E-state index contributed by atoms with van der Waals surface area (Å²) in [6.45, 7) is 27.1. The normalized spacial score (nSPS) is 50.4. The molecule has 0 aromatic rings. The lowest BCUT2D eigenvalue weighted by Crippen LogP contribution is -2.60. The lowest BCUT2D eigenvalue weighted by molar-refractivity contribution is -0.249. The van der Waals surface area contributed by atoms with Crippen LogP contribution in [0.5, 0.6) is 0 Å². The molecule has 3 aliphatic heterocycles. The Morgan fingerprint density at radius 1 is 0.902 bits per heavy atom. The number of aliphatic hydroxyl groups is 2. The zero-order chi connectivity index (χ0) is 36.2. The van der Waals surface area contributed by atoms with Gasteiger partial charge in [0.05, 0.1) is 49.8 Å². The van der Waals surface area contributed by atoms with Crippen LogP contribution in [0.15, 0.2) is 0 Å². The van der Waals surface area contributed by atoms with Gasteiger partial charge in [0.25, 0.3) is 0 Å². The number of ether oxygens (including phenoxy) is 5. The van der Waals surface area contributed by atoms with E-state index in [4.69, 9.17) is 23.7 Å². The van der Waals surface area contributed by atoms with Gasteiger partial charge in [-0.15, -0.1) is 0 Å². The molecule has 3 heterocycles. The quantitative estimate of drug-likeness (QED) is 0.328. The van der Waals surface area contributed by atoms with Gasteiger partial charge in [-0.2, -0.15) is 0 Å². The fourth-order valence-corrected chi connectivity index (χ4v) is 14.9. The van der Waals surface area contributed by atoms with Gasteiger partial charge in [-0.05, 0) is 117 Å². The molecule has 0 amide bonds. The molecule has 2 N–H and O–H groups in total. The number of hydrogen-bond acceptors (Lipinski definition) is 9. The largest absolute Gasteiger partial charge is 0.390 e. The molecule has 0 aromatic heterocycles. The molecule has 292 valence electrons. The van der Waals surface area contributed by atoms with Crippen molar-refractivity contribution in [1.82, 2.24) is 9.80 Å². The zero-order valence-corrected chi connectivity index (χ0v) is 33.3. The van der Waals surface area contributed by atoms with Gasteiger partial charge < -0.3 is 33.9 Å². The van der Waals surface area contributed by atoms with E-state index >= 15 is 0 Å². The molecule has 0 aromatic carbocycles. The van der Waals surface area contributed by atoms with Gasteiger partial charge in [0, 0.05) is 51.3 Å². The molecule has 2 spiro atoms. The van der Waals surface area contributed by atoms with Crippen molar-refractivity contribution >= 4 is 0 Å². The third kappa shape index (κ3) is 5.62. The van der Waals surface area contributed by atoms with E-state index < -0.39 is 17.8 Å². The highest BCUT2D eigenvalue weighted by atomic mass is 16.7. The first kappa shape index (κ1) is 37.6. The molecule has 0 bridgehead atoms. The van der Waals surface area contributed by atoms with Gasteiger partial charge in [0.1, 0.15) is 6.10 Å². The molecule has 14 atom stereocenters. The number of rotatable bonds is 9. The average Bonchev–Trinajstić information content (AvgIpc) is 3.72. The number of aliphatic hydroxyl groups excluding tert-OH is 1. The lowest BCUT2D eigenvalue weighted by atomic mass is 9.41. The Bertz CT molecular complexity index is 1270. The fourth-order valence-electron chi connectivity index (χ4n) is 14.9. The Kier molecular flexibility index (Phi) is 9.66. The van der Waals surface area contributed by atoms with Gasteiger partial charge in [-0.25, -0.2) is 0 Å². The van der Waals surface area contributed by atoms with Gasteiger partial charge in [0.15, 0.2) is 6.29 Å². The maximum atomic E-state index is 12.6. The van der Waals surface area contributed by atoms with Crippen LogP contribution in [0.4, 0.5) is 0 Å². The van der Waals surface area contributed by atoms with Crippen molar-refractivity contribution in [1.29, 1.82) is 0 Å². The topological polar surface area (TPSA) is 93.1 Å². The number of hydrogen-bond donors (Lipinski definition) is 2. The van der Waals surface area contributed by atoms with E-state index in [9.17, 15) is 10.2 Å². The van der Waals surface area contributed by atoms with E-state index in [0.717, 1.165) is 71.9 Å². The molecule has 8 rings (SSSR count). The van der Waals surface area contributed by atoms with Crippen molar-refractivity contribution in [3.05, 3.63) is 0 Å². The molecular weight excluding hydrogens is 644 g/mol. The van der Waals surface area contributed by atoms with Crippen LogP contribution in [-0.4, -0.2) is 128 Å². The van der Waals surface area contributed by atoms with E-state index in [1.54, 1.807) is 0 Å². The van der Waals surface area contributed by atoms with E-state index in [1.165, 1.54) is 38.5 Å². The summed E-state index contributed by atoms with van der Waals surface area (Å²) in [4.78, 5) is 5.06. The molecule has 51 heavy (non-hydrogen) atoms. The van der Waals surface area contributed by atoms with Gasteiger partial charge in [-0.3, -0.25) is 9.80 Å². The monoisotopic (exact) mass is 717 g/mol. The maximum Gasteiger partial charge on any atom is 0.170 e. The second kappa shape index (κ2) is 13.1. The van der Waals surface area contributed by atoms with Crippen LogP contribution in [0, 0.1) is 50.7 Å². The lowest BCUT2D eigenvalue weighted by Gasteiger charge is -2.64. The number of morpholine rings is 2. The second-order valence-electron chi connectivity index (χ2n) is 20.3. The van der Waals surface area contributed by atoms with Crippen LogP contribution >= 0.6 is 0 Å². The first-order valence-corrected chi connectivity index (χ1v) is 21.1. The first-order valence-electron chi connectivity index (χ1n) is 21.1. The summed E-state index contributed by atoms with van der Waals surface area (Å²) in [6, 6.07) is 0. The summed E-state index contributed by atoms with van der Waals surface area (Å²) in [5, 5.41) is 23.8. The summed E-state index contributed by atoms with van der Waals surface area (Å²) >= 11 is 0. The highest BCUT2D eigenvalue weighted by Gasteiger charge is 2.84. The van der Waals surface area contributed by atoms with Crippen molar-refractivity contribution < 1.29 is 33.9 Å². The van der Waals surface area contributed by atoms with Crippen molar-refractivity contribution in [3.63, 3.8) is 0 Å². The number of nitrogens with zero attached hydrogens (tertiary/aromatic N) is 2. The van der Waals surface area contributed by atoms with Gasteiger partial charge in [-0.1, -0.05) is 34.6 Å². The molecule has 9 heteroatoms. The molecule has 2 unspecified atom stereocenters. The highest BCUT2D eigenvalue weighted by molar-refractivity contribution is 5.33. The highest BCUT2D eigenvalue weighted by Crippen LogP contribution is 2.89. The summed E-state index contributed by atoms with van der Waals surface area (Å²) in [5.74, 6) is 1.84. The Hall–Kier alpha value is -0.360.